The summed E-state index contributed by atoms with van der Waals surface area (Å²) >= 11 is 0. The summed E-state index contributed by atoms with van der Waals surface area (Å²) in [5, 5.41) is 18.2. The smallest absolute Gasteiger partial charge is 0.125 e. The zero-order valence-corrected chi connectivity index (χ0v) is 10.9. The maximum absolute atomic E-state index is 9.39. The highest BCUT2D eigenvalue weighted by Gasteiger charge is 2.10. The molecule has 0 radical (unpaired) electrons. The molecule has 3 nitrogen and oxygen atoms in total. The second kappa shape index (κ2) is 6.62. The summed E-state index contributed by atoms with van der Waals surface area (Å²) in [5.74, 6) is 0.920. The first-order valence-electron chi connectivity index (χ1n) is 6.10. The van der Waals surface area contributed by atoms with Crippen molar-refractivity contribution < 1.29 is 14.9 Å². The number of benzene rings is 1. The maximum atomic E-state index is 9.39. The molecular weight excluding hydrogens is 216 g/mol. The summed E-state index contributed by atoms with van der Waals surface area (Å²) in [6, 6.07) is 4.18. The topological polar surface area (TPSA) is 49.7 Å². The van der Waals surface area contributed by atoms with Crippen LogP contribution in [0.25, 0.3) is 0 Å². The molecule has 0 amide bonds. The lowest BCUT2D eigenvalue weighted by molar-refractivity contribution is 0.0884. The van der Waals surface area contributed by atoms with Crippen LogP contribution in [0.5, 0.6) is 5.75 Å². The molecule has 96 valence electrons. The van der Waals surface area contributed by atoms with Gasteiger partial charge in [-0.1, -0.05) is 17.7 Å². The SMILES string of the molecule is CCOc1c(C)cc(C)cc1CCC(O)CO. The molecule has 0 saturated heterocycles. The van der Waals surface area contributed by atoms with Crippen molar-refractivity contribution in [3.05, 3.63) is 28.8 Å². The standard InChI is InChI=1S/C14H22O3/c1-4-17-14-11(3)7-10(2)8-12(14)5-6-13(16)9-15/h7-8,13,15-16H,4-6,9H2,1-3H3. The normalized spacial score (nSPS) is 12.5. The Morgan fingerprint density at radius 2 is 2.00 bits per heavy atom. The van der Waals surface area contributed by atoms with E-state index < -0.39 is 6.10 Å². The molecule has 1 aromatic rings. The summed E-state index contributed by atoms with van der Waals surface area (Å²) in [5.41, 5.74) is 3.43. The molecule has 3 heteroatoms. The van der Waals surface area contributed by atoms with Crippen LogP contribution >= 0.6 is 0 Å². The van der Waals surface area contributed by atoms with Crippen molar-refractivity contribution >= 4 is 0 Å². The molecular formula is C14H22O3. The van der Waals surface area contributed by atoms with Crippen LogP contribution in [-0.2, 0) is 6.42 Å². The molecule has 1 rings (SSSR count). The first-order valence-corrected chi connectivity index (χ1v) is 6.10. The van der Waals surface area contributed by atoms with E-state index >= 15 is 0 Å². The van der Waals surface area contributed by atoms with E-state index in [1.807, 2.05) is 13.8 Å². The molecule has 0 aliphatic rings. The van der Waals surface area contributed by atoms with Gasteiger partial charge in [-0.15, -0.1) is 0 Å². The predicted molar refractivity (Wildman–Crippen MR) is 68.5 cm³/mol. The van der Waals surface area contributed by atoms with Gasteiger partial charge in [-0.05, 0) is 44.7 Å². The molecule has 0 aromatic heterocycles. The third-order valence-corrected chi connectivity index (χ3v) is 2.74. The predicted octanol–water partition coefficient (Wildman–Crippen LogP) is 1.99. The van der Waals surface area contributed by atoms with E-state index in [-0.39, 0.29) is 6.61 Å². The van der Waals surface area contributed by atoms with Crippen LogP contribution in [0.15, 0.2) is 12.1 Å². The van der Waals surface area contributed by atoms with E-state index in [0.29, 0.717) is 13.0 Å². The maximum Gasteiger partial charge on any atom is 0.125 e. The molecule has 0 bridgehead atoms. The molecule has 0 saturated carbocycles. The van der Waals surface area contributed by atoms with Crippen LogP contribution in [0.3, 0.4) is 0 Å². The second-order valence-corrected chi connectivity index (χ2v) is 4.38. The molecule has 1 aromatic carbocycles. The minimum atomic E-state index is -0.648. The van der Waals surface area contributed by atoms with Gasteiger partial charge in [0.1, 0.15) is 5.75 Å². The molecule has 17 heavy (non-hydrogen) atoms. The van der Waals surface area contributed by atoms with Crippen LogP contribution < -0.4 is 4.74 Å². The average molecular weight is 238 g/mol. The molecule has 0 fully saturated rings. The van der Waals surface area contributed by atoms with E-state index in [0.717, 1.165) is 23.3 Å². The lowest BCUT2D eigenvalue weighted by atomic mass is 10.0. The van der Waals surface area contributed by atoms with Gasteiger partial charge in [0.25, 0.3) is 0 Å². The first-order chi connectivity index (χ1) is 8.08. The highest BCUT2D eigenvalue weighted by atomic mass is 16.5. The first kappa shape index (κ1) is 14.0. The van der Waals surface area contributed by atoms with Crippen LogP contribution in [-0.4, -0.2) is 29.5 Å². The molecule has 0 spiro atoms. The van der Waals surface area contributed by atoms with Gasteiger partial charge in [0.05, 0.1) is 19.3 Å². The molecule has 2 N–H and O–H groups in total. The Kier molecular flexibility index (Phi) is 5.45. The van der Waals surface area contributed by atoms with Crippen LogP contribution in [0.2, 0.25) is 0 Å². The Bertz CT molecular complexity index is 361. The van der Waals surface area contributed by atoms with Crippen molar-refractivity contribution in [2.24, 2.45) is 0 Å². The van der Waals surface area contributed by atoms with Crippen molar-refractivity contribution in [3.8, 4) is 5.75 Å². The van der Waals surface area contributed by atoms with E-state index in [1.54, 1.807) is 0 Å². The Hall–Kier alpha value is -1.06. The fourth-order valence-electron chi connectivity index (χ4n) is 1.99. The summed E-state index contributed by atoms with van der Waals surface area (Å²) in [7, 11) is 0. The van der Waals surface area contributed by atoms with E-state index in [4.69, 9.17) is 9.84 Å². The number of aliphatic hydroxyl groups is 2. The molecule has 1 atom stereocenters. The zero-order valence-electron chi connectivity index (χ0n) is 10.9. The van der Waals surface area contributed by atoms with Crippen molar-refractivity contribution in [2.45, 2.75) is 39.7 Å². The fraction of sp³-hybridized carbons (Fsp3) is 0.571. The van der Waals surface area contributed by atoms with Gasteiger partial charge in [0, 0.05) is 0 Å². The summed E-state index contributed by atoms with van der Waals surface area (Å²) < 4.78 is 5.64. The second-order valence-electron chi connectivity index (χ2n) is 4.38. The van der Waals surface area contributed by atoms with Gasteiger partial charge < -0.3 is 14.9 Å². The van der Waals surface area contributed by atoms with Crippen LogP contribution in [0.1, 0.15) is 30.0 Å². The summed E-state index contributed by atoms with van der Waals surface area (Å²) in [4.78, 5) is 0. The largest absolute Gasteiger partial charge is 0.493 e. The van der Waals surface area contributed by atoms with E-state index in [2.05, 4.69) is 19.1 Å². The molecule has 0 aliphatic carbocycles. The van der Waals surface area contributed by atoms with Gasteiger partial charge in [-0.25, -0.2) is 0 Å². The lowest BCUT2D eigenvalue weighted by Gasteiger charge is -2.15. The van der Waals surface area contributed by atoms with Gasteiger partial charge in [-0.3, -0.25) is 0 Å². The number of hydrogen-bond acceptors (Lipinski definition) is 3. The Morgan fingerprint density at radius 3 is 2.59 bits per heavy atom. The van der Waals surface area contributed by atoms with Gasteiger partial charge in [0.2, 0.25) is 0 Å². The summed E-state index contributed by atoms with van der Waals surface area (Å²) in [6.07, 6.45) is 0.629. The van der Waals surface area contributed by atoms with Crippen molar-refractivity contribution in [3.63, 3.8) is 0 Å². The number of aryl methyl sites for hydroxylation is 3. The zero-order chi connectivity index (χ0) is 12.8. The Morgan fingerprint density at radius 1 is 1.29 bits per heavy atom. The molecule has 0 heterocycles. The minimum absolute atomic E-state index is 0.186. The number of rotatable bonds is 6. The third-order valence-electron chi connectivity index (χ3n) is 2.74. The minimum Gasteiger partial charge on any atom is -0.493 e. The summed E-state index contributed by atoms with van der Waals surface area (Å²) in [6.45, 7) is 6.50. The van der Waals surface area contributed by atoms with E-state index in [1.165, 1.54) is 5.56 Å². The number of aliphatic hydroxyl groups excluding tert-OH is 2. The van der Waals surface area contributed by atoms with Crippen molar-refractivity contribution in [1.29, 1.82) is 0 Å². The van der Waals surface area contributed by atoms with Crippen LogP contribution in [0.4, 0.5) is 0 Å². The van der Waals surface area contributed by atoms with Gasteiger partial charge in [-0.2, -0.15) is 0 Å². The number of hydrogen-bond donors (Lipinski definition) is 2. The van der Waals surface area contributed by atoms with Gasteiger partial charge in [0.15, 0.2) is 0 Å². The van der Waals surface area contributed by atoms with Crippen molar-refractivity contribution in [1.82, 2.24) is 0 Å². The fourth-order valence-corrected chi connectivity index (χ4v) is 1.99. The Labute approximate surface area is 103 Å². The number of ether oxygens (including phenoxy) is 1. The molecule has 1 unspecified atom stereocenters. The average Bonchev–Trinajstić information content (AvgIpc) is 2.29. The van der Waals surface area contributed by atoms with E-state index in [9.17, 15) is 5.11 Å². The monoisotopic (exact) mass is 238 g/mol. The molecule has 0 aliphatic heterocycles. The highest BCUT2D eigenvalue weighted by molar-refractivity contribution is 5.44. The third kappa shape index (κ3) is 4.02. The lowest BCUT2D eigenvalue weighted by Crippen LogP contribution is -2.13. The van der Waals surface area contributed by atoms with Gasteiger partial charge >= 0.3 is 0 Å². The quantitative estimate of drug-likeness (QED) is 0.797. The van der Waals surface area contributed by atoms with Crippen molar-refractivity contribution in [2.75, 3.05) is 13.2 Å². The van der Waals surface area contributed by atoms with Crippen LogP contribution in [0, 0.1) is 13.8 Å². The Balaban J connectivity index is 2.87. The highest BCUT2D eigenvalue weighted by Crippen LogP contribution is 2.26.